The first-order chi connectivity index (χ1) is 9.25. The smallest absolute Gasteiger partial charge is 0.120 e. The summed E-state index contributed by atoms with van der Waals surface area (Å²) in [6, 6.07) is 5.36. The quantitative estimate of drug-likeness (QED) is 0.550. The van der Waals surface area contributed by atoms with Crippen molar-refractivity contribution >= 4 is 12.5 Å². The fraction of sp³-hybridized carbons (Fsp3) is 0.562. The lowest BCUT2D eigenvalue weighted by atomic mass is 10.0. The van der Waals surface area contributed by atoms with E-state index >= 15 is 0 Å². The van der Waals surface area contributed by atoms with Crippen molar-refractivity contribution in [2.24, 2.45) is 0 Å². The fourth-order valence-corrected chi connectivity index (χ4v) is 2.12. The Morgan fingerprint density at radius 3 is 2.21 bits per heavy atom. The van der Waals surface area contributed by atoms with Crippen molar-refractivity contribution in [3.8, 4) is 5.75 Å². The number of anilines is 1. The van der Waals surface area contributed by atoms with Gasteiger partial charge in [-0.25, -0.2) is 0 Å². The standard InChI is InChI=1S/C15H25NO.CH2O/c1-2-3-4-5-6-7-8-10-13-14(16)11-9-12-15(13)17;1-2/h9,11-12,17H,2-8,10,16H2,1H3;1H2. The molecule has 108 valence electrons. The molecule has 0 saturated carbocycles. The second kappa shape index (κ2) is 11.6. The zero-order chi connectivity index (χ0) is 14.5. The van der Waals surface area contributed by atoms with E-state index in [9.17, 15) is 5.11 Å². The first kappa shape index (κ1) is 17.5. The Labute approximate surface area is 116 Å². The summed E-state index contributed by atoms with van der Waals surface area (Å²) in [7, 11) is 0. The van der Waals surface area contributed by atoms with Gasteiger partial charge in [0.05, 0.1) is 0 Å². The topological polar surface area (TPSA) is 63.3 Å². The van der Waals surface area contributed by atoms with E-state index in [2.05, 4.69) is 6.92 Å². The van der Waals surface area contributed by atoms with Crippen molar-refractivity contribution in [3.63, 3.8) is 0 Å². The van der Waals surface area contributed by atoms with Crippen LogP contribution in [-0.4, -0.2) is 11.9 Å². The molecule has 0 aliphatic carbocycles. The molecule has 0 saturated heterocycles. The molecule has 3 N–H and O–H groups in total. The molecule has 0 fully saturated rings. The number of nitrogens with two attached hydrogens (primary N) is 1. The van der Waals surface area contributed by atoms with Crippen LogP contribution >= 0.6 is 0 Å². The van der Waals surface area contributed by atoms with Gasteiger partial charge in [0.2, 0.25) is 0 Å². The maximum atomic E-state index is 9.68. The summed E-state index contributed by atoms with van der Waals surface area (Å²) in [5, 5.41) is 9.68. The van der Waals surface area contributed by atoms with Crippen LogP contribution in [0.25, 0.3) is 0 Å². The number of hydrogen-bond acceptors (Lipinski definition) is 3. The van der Waals surface area contributed by atoms with Crippen LogP contribution in [0.15, 0.2) is 18.2 Å². The largest absolute Gasteiger partial charge is 0.508 e. The van der Waals surface area contributed by atoms with Gasteiger partial charge >= 0.3 is 0 Å². The minimum Gasteiger partial charge on any atom is -0.508 e. The van der Waals surface area contributed by atoms with Crippen molar-refractivity contribution in [1.82, 2.24) is 0 Å². The Balaban J connectivity index is 0.00000154. The third-order valence-electron chi connectivity index (χ3n) is 3.22. The van der Waals surface area contributed by atoms with Gasteiger partial charge in [0.1, 0.15) is 12.5 Å². The van der Waals surface area contributed by atoms with Gasteiger partial charge in [0, 0.05) is 11.3 Å². The molecule has 0 heterocycles. The monoisotopic (exact) mass is 265 g/mol. The molecule has 0 aliphatic heterocycles. The van der Waals surface area contributed by atoms with E-state index in [1.54, 1.807) is 12.1 Å². The van der Waals surface area contributed by atoms with Crippen LogP contribution in [0.1, 0.15) is 57.4 Å². The number of phenolic OH excluding ortho intramolecular Hbond substituents is 1. The lowest BCUT2D eigenvalue weighted by molar-refractivity contribution is -0.0979. The van der Waals surface area contributed by atoms with E-state index in [1.165, 1.54) is 38.5 Å². The lowest BCUT2D eigenvalue weighted by Gasteiger charge is -2.07. The SMILES string of the molecule is C=O.CCCCCCCCCc1c(N)cccc1O. The summed E-state index contributed by atoms with van der Waals surface area (Å²) in [6.45, 7) is 4.24. The number of phenols is 1. The van der Waals surface area contributed by atoms with E-state index in [0.29, 0.717) is 5.75 Å². The van der Waals surface area contributed by atoms with Gasteiger partial charge < -0.3 is 15.6 Å². The molecule has 0 unspecified atom stereocenters. The molecule has 0 atom stereocenters. The molecule has 3 nitrogen and oxygen atoms in total. The van der Waals surface area contributed by atoms with Crippen LogP contribution in [0.3, 0.4) is 0 Å². The first-order valence-corrected chi connectivity index (χ1v) is 7.11. The highest BCUT2D eigenvalue weighted by Gasteiger charge is 2.04. The summed E-state index contributed by atoms with van der Waals surface area (Å²) in [6.07, 6.45) is 9.89. The number of benzene rings is 1. The number of unbranched alkanes of at least 4 members (excludes halogenated alkanes) is 6. The predicted molar refractivity (Wildman–Crippen MR) is 81.3 cm³/mol. The normalized spacial score (nSPS) is 9.74. The van der Waals surface area contributed by atoms with Gasteiger partial charge in [-0.3, -0.25) is 0 Å². The molecule has 1 aromatic rings. The fourth-order valence-electron chi connectivity index (χ4n) is 2.12. The number of rotatable bonds is 8. The maximum absolute atomic E-state index is 9.68. The Morgan fingerprint density at radius 1 is 1.05 bits per heavy atom. The minimum atomic E-state index is 0.344. The zero-order valence-electron chi connectivity index (χ0n) is 12.0. The number of nitrogen functional groups attached to an aromatic ring is 1. The number of carbonyl (C=O) groups excluding carboxylic acids is 1. The second-order valence-corrected chi connectivity index (χ2v) is 4.72. The van der Waals surface area contributed by atoms with Crippen LogP contribution in [0.4, 0.5) is 5.69 Å². The predicted octanol–water partition coefficient (Wildman–Crippen LogP) is 4.08. The molecule has 1 rings (SSSR count). The lowest BCUT2D eigenvalue weighted by Crippen LogP contribution is -1.95. The highest BCUT2D eigenvalue weighted by atomic mass is 16.3. The average molecular weight is 265 g/mol. The van der Waals surface area contributed by atoms with Crippen molar-refractivity contribution in [1.29, 1.82) is 0 Å². The van der Waals surface area contributed by atoms with E-state index in [4.69, 9.17) is 10.5 Å². The molecular weight excluding hydrogens is 238 g/mol. The molecule has 0 bridgehead atoms. The van der Waals surface area contributed by atoms with Crippen LogP contribution in [0.5, 0.6) is 5.75 Å². The van der Waals surface area contributed by atoms with Gasteiger partial charge in [-0.05, 0) is 25.0 Å². The molecule has 0 radical (unpaired) electrons. The molecule has 19 heavy (non-hydrogen) atoms. The first-order valence-electron chi connectivity index (χ1n) is 7.11. The Hall–Kier alpha value is -1.51. The number of hydrogen-bond donors (Lipinski definition) is 2. The van der Waals surface area contributed by atoms with Gasteiger partial charge in [-0.15, -0.1) is 0 Å². The Bertz CT molecular complexity index is 319. The molecule has 1 aromatic carbocycles. The summed E-state index contributed by atoms with van der Waals surface area (Å²) < 4.78 is 0. The second-order valence-electron chi connectivity index (χ2n) is 4.72. The average Bonchev–Trinajstić information content (AvgIpc) is 2.43. The van der Waals surface area contributed by atoms with Crippen molar-refractivity contribution < 1.29 is 9.90 Å². The Morgan fingerprint density at radius 2 is 1.63 bits per heavy atom. The molecule has 0 aromatic heterocycles. The molecule has 0 aliphatic rings. The zero-order valence-corrected chi connectivity index (χ0v) is 12.0. The van der Waals surface area contributed by atoms with Gasteiger partial charge in [-0.1, -0.05) is 51.5 Å². The summed E-state index contributed by atoms with van der Waals surface area (Å²) in [4.78, 5) is 8.00. The van der Waals surface area contributed by atoms with Crippen LogP contribution in [0, 0.1) is 0 Å². The van der Waals surface area contributed by atoms with E-state index in [1.807, 2.05) is 12.9 Å². The van der Waals surface area contributed by atoms with Gasteiger partial charge in [0.25, 0.3) is 0 Å². The van der Waals surface area contributed by atoms with E-state index in [-0.39, 0.29) is 0 Å². The van der Waals surface area contributed by atoms with Crippen LogP contribution in [-0.2, 0) is 11.2 Å². The van der Waals surface area contributed by atoms with E-state index < -0.39 is 0 Å². The molecule has 0 spiro atoms. The van der Waals surface area contributed by atoms with Crippen molar-refractivity contribution in [2.45, 2.75) is 58.3 Å². The Kier molecular flexibility index (Phi) is 10.7. The van der Waals surface area contributed by atoms with Gasteiger partial charge in [-0.2, -0.15) is 0 Å². The summed E-state index contributed by atoms with van der Waals surface area (Å²) >= 11 is 0. The van der Waals surface area contributed by atoms with E-state index in [0.717, 1.165) is 24.1 Å². The minimum absolute atomic E-state index is 0.344. The third-order valence-corrected chi connectivity index (χ3v) is 3.22. The molecule has 3 heteroatoms. The van der Waals surface area contributed by atoms with Crippen molar-refractivity contribution in [3.05, 3.63) is 23.8 Å². The van der Waals surface area contributed by atoms with Crippen molar-refractivity contribution in [2.75, 3.05) is 5.73 Å². The summed E-state index contributed by atoms with van der Waals surface area (Å²) in [5.74, 6) is 0.344. The maximum Gasteiger partial charge on any atom is 0.120 e. The number of aromatic hydroxyl groups is 1. The highest BCUT2D eigenvalue weighted by Crippen LogP contribution is 2.25. The highest BCUT2D eigenvalue weighted by molar-refractivity contribution is 5.53. The number of carbonyl (C=O) groups is 1. The third kappa shape index (κ3) is 7.50. The van der Waals surface area contributed by atoms with Gasteiger partial charge in [0.15, 0.2) is 0 Å². The molecule has 0 amide bonds. The van der Waals surface area contributed by atoms with Crippen LogP contribution in [0.2, 0.25) is 0 Å². The molecular formula is C16H27NO2. The van der Waals surface area contributed by atoms with Crippen LogP contribution < -0.4 is 5.73 Å². The summed E-state index contributed by atoms with van der Waals surface area (Å²) in [5.41, 5.74) is 7.48.